The van der Waals surface area contributed by atoms with E-state index in [0.29, 0.717) is 36.0 Å². The van der Waals surface area contributed by atoms with Gasteiger partial charge in [-0.15, -0.1) is 0 Å². The Labute approximate surface area is 162 Å². The molecule has 3 saturated heterocycles. The third-order valence-corrected chi connectivity index (χ3v) is 5.94. The maximum absolute atomic E-state index is 13.1. The van der Waals surface area contributed by atoms with E-state index in [-0.39, 0.29) is 23.8 Å². The number of hydrogen-bond donors (Lipinski definition) is 0. The van der Waals surface area contributed by atoms with E-state index in [0.717, 1.165) is 18.5 Å². The van der Waals surface area contributed by atoms with Crippen molar-refractivity contribution in [3.8, 4) is 0 Å². The highest BCUT2D eigenvalue weighted by molar-refractivity contribution is 6.34. The zero-order valence-electron chi connectivity index (χ0n) is 15.4. The molecule has 3 aliphatic heterocycles. The van der Waals surface area contributed by atoms with Crippen molar-refractivity contribution < 1.29 is 9.59 Å². The maximum Gasteiger partial charge on any atom is 0.273 e. The Morgan fingerprint density at radius 2 is 2.11 bits per heavy atom. The molecule has 142 valence electrons. The second-order valence-corrected chi connectivity index (χ2v) is 7.68. The largest absolute Gasteiger partial charge is 0.334 e. The first-order valence-corrected chi connectivity index (χ1v) is 9.52. The summed E-state index contributed by atoms with van der Waals surface area (Å²) in [5.74, 6) is -0.225. The first kappa shape index (κ1) is 18.0. The van der Waals surface area contributed by atoms with E-state index in [4.69, 9.17) is 11.6 Å². The summed E-state index contributed by atoms with van der Waals surface area (Å²) in [5.41, 5.74) is 1.88. The highest BCUT2D eigenvalue weighted by atomic mass is 35.5. The SMILES string of the molecule is Cc1nn(C)c(C(=O)N2CC3CCC(C2)N(Cc2ccccn2)C3=O)c1Cl. The molecule has 2 bridgehead atoms. The van der Waals surface area contributed by atoms with Crippen LogP contribution in [0.2, 0.25) is 5.02 Å². The first-order valence-electron chi connectivity index (χ1n) is 9.14. The lowest BCUT2D eigenvalue weighted by atomic mass is 9.94. The van der Waals surface area contributed by atoms with Crippen molar-refractivity contribution in [1.82, 2.24) is 24.6 Å². The van der Waals surface area contributed by atoms with Crippen molar-refractivity contribution in [2.75, 3.05) is 13.1 Å². The van der Waals surface area contributed by atoms with Crippen LogP contribution in [0.5, 0.6) is 0 Å². The van der Waals surface area contributed by atoms with Crippen LogP contribution < -0.4 is 0 Å². The van der Waals surface area contributed by atoms with Gasteiger partial charge in [-0.05, 0) is 31.9 Å². The lowest BCUT2D eigenvalue weighted by Crippen LogP contribution is -2.47. The fourth-order valence-corrected chi connectivity index (χ4v) is 4.34. The van der Waals surface area contributed by atoms with E-state index < -0.39 is 0 Å². The monoisotopic (exact) mass is 387 g/mol. The van der Waals surface area contributed by atoms with Gasteiger partial charge in [-0.2, -0.15) is 5.10 Å². The van der Waals surface area contributed by atoms with Crippen molar-refractivity contribution >= 4 is 23.4 Å². The Balaban J connectivity index is 1.59. The van der Waals surface area contributed by atoms with Crippen LogP contribution in [0.1, 0.15) is 34.7 Å². The fraction of sp³-hybridized carbons (Fsp3) is 0.474. The number of nitrogens with zero attached hydrogens (tertiary/aromatic N) is 5. The lowest BCUT2D eigenvalue weighted by molar-refractivity contribution is -0.140. The number of carbonyl (C=O) groups excluding carboxylic acids is 2. The van der Waals surface area contributed by atoms with E-state index >= 15 is 0 Å². The van der Waals surface area contributed by atoms with Gasteiger partial charge in [0.25, 0.3) is 5.91 Å². The lowest BCUT2D eigenvalue weighted by Gasteiger charge is -2.35. The van der Waals surface area contributed by atoms with Crippen LogP contribution in [-0.2, 0) is 18.4 Å². The summed E-state index contributed by atoms with van der Waals surface area (Å²) < 4.78 is 1.53. The predicted octanol–water partition coefficient (Wildman–Crippen LogP) is 2.04. The molecule has 2 unspecified atom stereocenters. The van der Waals surface area contributed by atoms with Gasteiger partial charge >= 0.3 is 0 Å². The quantitative estimate of drug-likeness (QED) is 0.808. The van der Waals surface area contributed by atoms with E-state index in [1.165, 1.54) is 4.68 Å². The van der Waals surface area contributed by atoms with Crippen molar-refractivity contribution in [3.63, 3.8) is 0 Å². The van der Waals surface area contributed by atoms with Crippen molar-refractivity contribution in [2.45, 2.75) is 32.4 Å². The van der Waals surface area contributed by atoms with Crippen LogP contribution in [0.4, 0.5) is 0 Å². The molecule has 0 saturated carbocycles. The Morgan fingerprint density at radius 3 is 2.78 bits per heavy atom. The van der Waals surface area contributed by atoms with Crippen molar-refractivity contribution in [3.05, 3.63) is 46.5 Å². The van der Waals surface area contributed by atoms with Gasteiger partial charge in [-0.25, -0.2) is 0 Å². The van der Waals surface area contributed by atoms with Gasteiger partial charge in [-0.3, -0.25) is 19.3 Å². The number of rotatable bonds is 3. The van der Waals surface area contributed by atoms with Crippen molar-refractivity contribution in [2.24, 2.45) is 13.0 Å². The molecular weight excluding hydrogens is 366 g/mol. The van der Waals surface area contributed by atoms with Crippen LogP contribution in [0, 0.1) is 12.8 Å². The normalized spacial score (nSPS) is 22.3. The van der Waals surface area contributed by atoms with E-state index in [2.05, 4.69) is 10.1 Å². The van der Waals surface area contributed by atoms with Crippen LogP contribution in [-0.4, -0.2) is 55.5 Å². The van der Waals surface area contributed by atoms with E-state index in [1.807, 2.05) is 23.1 Å². The smallest absolute Gasteiger partial charge is 0.273 e. The standard InChI is InChI=1S/C19H22ClN5O2/c1-12-16(20)17(23(2)22-12)19(27)24-9-13-6-7-15(11-24)25(18(13)26)10-14-5-3-4-8-21-14/h3-5,8,13,15H,6-7,9-11H2,1-2H3. The second-order valence-electron chi connectivity index (χ2n) is 7.30. The van der Waals surface area contributed by atoms with Crippen LogP contribution in [0.25, 0.3) is 0 Å². The molecular formula is C19H22ClN5O2. The van der Waals surface area contributed by atoms with Gasteiger partial charge < -0.3 is 9.80 Å². The second kappa shape index (κ2) is 6.96. The number of hydrogen-bond acceptors (Lipinski definition) is 4. The van der Waals surface area contributed by atoms with E-state index in [9.17, 15) is 9.59 Å². The topological polar surface area (TPSA) is 71.3 Å². The maximum atomic E-state index is 13.1. The summed E-state index contributed by atoms with van der Waals surface area (Å²) in [6.07, 6.45) is 3.44. The minimum Gasteiger partial charge on any atom is -0.334 e. The number of halogens is 1. The molecule has 5 heterocycles. The third kappa shape index (κ3) is 3.20. The predicted molar refractivity (Wildman–Crippen MR) is 100 cm³/mol. The first-order chi connectivity index (χ1) is 13.0. The Kier molecular flexibility index (Phi) is 4.63. The Bertz CT molecular complexity index is 882. The molecule has 2 aromatic rings. The fourth-order valence-electron chi connectivity index (χ4n) is 4.09. The third-order valence-electron chi connectivity index (χ3n) is 5.49. The molecule has 2 atom stereocenters. The number of aromatic nitrogens is 3. The average molecular weight is 388 g/mol. The molecule has 27 heavy (non-hydrogen) atoms. The van der Waals surface area contributed by atoms with Gasteiger partial charge in [0, 0.05) is 32.4 Å². The zero-order valence-corrected chi connectivity index (χ0v) is 16.2. The highest BCUT2D eigenvalue weighted by Crippen LogP contribution is 2.32. The van der Waals surface area contributed by atoms with Crippen LogP contribution in [0.15, 0.2) is 24.4 Å². The summed E-state index contributed by atoms with van der Waals surface area (Å²) in [6, 6.07) is 5.70. The van der Waals surface area contributed by atoms with Crippen LogP contribution in [0.3, 0.4) is 0 Å². The highest BCUT2D eigenvalue weighted by Gasteiger charge is 2.42. The molecule has 0 spiro atoms. The van der Waals surface area contributed by atoms with Crippen molar-refractivity contribution in [1.29, 1.82) is 0 Å². The molecule has 0 aliphatic carbocycles. The molecule has 0 N–H and O–H groups in total. The molecule has 0 radical (unpaired) electrons. The minimum atomic E-state index is -0.176. The number of pyridine rings is 1. The molecule has 5 rings (SSSR count). The molecule has 8 heteroatoms. The summed E-state index contributed by atoms with van der Waals surface area (Å²) in [4.78, 5) is 34.1. The number of piperidine rings is 1. The molecule has 0 aromatic carbocycles. The van der Waals surface area contributed by atoms with Gasteiger partial charge in [0.05, 0.1) is 28.9 Å². The summed E-state index contributed by atoms with van der Waals surface area (Å²) in [6.45, 7) is 3.19. The van der Waals surface area contributed by atoms with Gasteiger partial charge in [0.15, 0.2) is 0 Å². The number of fused-ring (bicyclic) bond motifs is 4. The van der Waals surface area contributed by atoms with Gasteiger partial charge in [0.1, 0.15) is 5.69 Å². The zero-order chi connectivity index (χ0) is 19.1. The number of aryl methyl sites for hydroxylation is 2. The molecule has 3 aliphatic rings. The summed E-state index contributed by atoms with van der Waals surface area (Å²) in [7, 11) is 1.72. The molecule has 2 amide bonds. The average Bonchev–Trinajstić information content (AvgIpc) is 2.83. The number of amides is 2. The molecule has 7 nitrogen and oxygen atoms in total. The molecule has 2 aromatic heterocycles. The summed E-state index contributed by atoms with van der Waals surface area (Å²) in [5, 5.41) is 4.63. The number of carbonyl (C=O) groups is 2. The minimum absolute atomic E-state index is 0.00435. The summed E-state index contributed by atoms with van der Waals surface area (Å²) >= 11 is 6.31. The Hall–Kier alpha value is -2.41. The van der Waals surface area contributed by atoms with Gasteiger partial charge in [-0.1, -0.05) is 17.7 Å². The van der Waals surface area contributed by atoms with E-state index in [1.54, 1.807) is 25.1 Å². The van der Waals surface area contributed by atoms with Crippen LogP contribution >= 0.6 is 11.6 Å². The Morgan fingerprint density at radius 1 is 1.30 bits per heavy atom. The van der Waals surface area contributed by atoms with Gasteiger partial charge in [0.2, 0.25) is 5.91 Å². The molecule has 3 fully saturated rings.